The molecule has 4 heteroatoms. The lowest BCUT2D eigenvalue weighted by Crippen LogP contribution is -2.51. The molecule has 2 aromatic carbocycles. The maximum Gasteiger partial charge on any atom is 0.223 e. The van der Waals surface area contributed by atoms with Gasteiger partial charge in [-0.15, -0.1) is 0 Å². The molecular weight excluding hydrogens is 280 g/mol. The van der Waals surface area contributed by atoms with E-state index in [-0.39, 0.29) is 26.4 Å². The number of hydrogen-bond donors (Lipinski definition) is 2. The Morgan fingerprint density at radius 3 is 1.68 bits per heavy atom. The molecule has 2 aliphatic rings. The lowest BCUT2D eigenvalue weighted by Gasteiger charge is -2.44. The summed E-state index contributed by atoms with van der Waals surface area (Å²) in [5.74, 6) is -0.930. The van der Waals surface area contributed by atoms with Crippen molar-refractivity contribution in [3.8, 4) is 11.1 Å². The molecule has 1 spiro atoms. The molecule has 1 fully saturated rings. The number of fused-ring (bicyclic) bond motifs is 5. The Hall–Kier alpha value is -1.72. The third kappa shape index (κ3) is 1.72. The molecule has 0 atom stereocenters. The third-order valence-corrected chi connectivity index (χ3v) is 4.69. The van der Waals surface area contributed by atoms with Crippen LogP contribution in [0.15, 0.2) is 48.5 Å². The SMILES string of the molecule is OCC1(CO)COC2(OC1)c1ccccc1-c1ccccc12. The van der Waals surface area contributed by atoms with Gasteiger partial charge in [-0.3, -0.25) is 0 Å². The van der Waals surface area contributed by atoms with E-state index in [1.807, 2.05) is 36.4 Å². The van der Waals surface area contributed by atoms with Gasteiger partial charge in [0.15, 0.2) is 0 Å². The van der Waals surface area contributed by atoms with Crippen LogP contribution in [-0.2, 0) is 15.3 Å². The molecular formula is C18H18O4. The van der Waals surface area contributed by atoms with Gasteiger partial charge in [0, 0.05) is 11.1 Å². The quantitative estimate of drug-likeness (QED) is 0.889. The largest absolute Gasteiger partial charge is 0.396 e. The Bertz CT molecular complexity index is 648. The van der Waals surface area contributed by atoms with E-state index in [4.69, 9.17) is 9.47 Å². The molecule has 4 rings (SSSR count). The topological polar surface area (TPSA) is 58.9 Å². The minimum Gasteiger partial charge on any atom is -0.396 e. The first-order valence-electron chi connectivity index (χ1n) is 7.44. The van der Waals surface area contributed by atoms with Crippen LogP contribution >= 0.6 is 0 Å². The van der Waals surface area contributed by atoms with Gasteiger partial charge in [0.25, 0.3) is 0 Å². The van der Waals surface area contributed by atoms with Crippen molar-refractivity contribution < 1.29 is 19.7 Å². The van der Waals surface area contributed by atoms with Crippen molar-refractivity contribution in [3.63, 3.8) is 0 Å². The van der Waals surface area contributed by atoms with E-state index < -0.39 is 11.2 Å². The van der Waals surface area contributed by atoms with Gasteiger partial charge in [-0.25, -0.2) is 0 Å². The predicted molar refractivity (Wildman–Crippen MR) is 81.2 cm³/mol. The Morgan fingerprint density at radius 2 is 1.23 bits per heavy atom. The molecule has 1 aliphatic carbocycles. The zero-order valence-corrected chi connectivity index (χ0v) is 12.2. The Labute approximate surface area is 128 Å². The second kappa shape index (κ2) is 4.89. The van der Waals surface area contributed by atoms with Crippen LogP contribution in [0.3, 0.4) is 0 Å². The Kier molecular flexibility index (Phi) is 3.09. The van der Waals surface area contributed by atoms with Crippen molar-refractivity contribution in [2.45, 2.75) is 5.79 Å². The highest BCUT2D eigenvalue weighted by atomic mass is 16.7. The Balaban J connectivity index is 1.83. The average Bonchev–Trinajstić information content (AvgIpc) is 2.88. The standard InChI is InChI=1S/C18H18O4/c19-9-17(10-20)11-21-18(22-12-17)15-7-3-1-5-13(15)14-6-2-4-8-16(14)18/h1-8,19-20H,9-12H2. The van der Waals surface area contributed by atoms with Gasteiger partial charge in [-0.05, 0) is 11.1 Å². The summed E-state index contributed by atoms with van der Waals surface area (Å²) >= 11 is 0. The van der Waals surface area contributed by atoms with Gasteiger partial charge in [-0.2, -0.15) is 0 Å². The van der Waals surface area contributed by atoms with Gasteiger partial charge >= 0.3 is 0 Å². The smallest absolute Gasteiger partial charge is 0.223 e. The number of hydrogen-bond acceptors (Lipinski definition) is 4. The highest BCUT2D eigenvalue weighted by Crippen LogP contribution is 2.52. The van der Waals surface area contributed by atoms with E-state index in [0.29, 0.717) is 0 Å². The van der Waals surface area contributed by atoms with E-state index in [0.717, 1.165) is 22.3 Å². The third-order valence-electron chi connectivity index (χ3n) is 4.69. The first-order valence-corrected chi connectivity index (χ1v) is 7.44. The van der Waals surface area contributed by atoms with Crippen LogP contribution in [0.2, 0.25) is 0 Å². The minimum absolute atomic E-state index is 0.164. The molecule has 2 N–H and O–H groups in total. The first-order chi connectivity index (χ1) is 10.7. The summed E-state index contributed by atoms with van der Waals surface area (Å²) in [6.45, 7) is 0.178. The molecule has 1 saturated heterocycles. The second-order valence-electron chi connectivity index (χ2n) is 6.10. The molecule has 0 bridgehead atoms. The van der Waals surface area contributed by atoms with E-state index in [1.54, 1.807) is 0 Å². The van der Waals surface area contributed by atoms with Crippen molar-refractivity contribution in [2.75, 3.05) is 26.4 Å². The molecule has 114 valence electrons. The molecule has 0 aromatic heterocycles. The highest BCUT2D eigenvalue weighted by molar-refractivity contribution is 5.79. The number of benzene rings is 2. The van der Waals surface area contributed by atoms with Crippen LogP contribution in [0.5, 0.6) is 0 Å². The van der Waals surface area contributed by atoms with Crippen molar-refractivity contribution in [1.29, 1.82) is 0 Å². The van der Waals surface area contributed by atoms with E-state index in [9.17, 15) is 10.2 Å². The lowest BCUT2D eigenvalue weighted by molar-refractivity contribution is -0.297. The van der Waals surface area contributed by atoms with Gasteiger partial charge in [0.2, 0.25) is 5.79 Å². The van der Waals surface area contributed by atoms with Crippen LogP contribution in [0.1, 0.15) is 11.1 Å². The van der Waals surface area contributed by atoms with Crippen LogP contribution in [-0.4, -0.2) is 36.6 Å². The summed E-state index contributed by atoms with van der Waals surface area (Å²) in [6.07, 6.45) is 0. The van der Waals surface area contributed by atoms with E-state index in [1.165, 1.54) is 0 Å². The number of aliphatic hydroxyl groups is 2. The first kappa shape index (κ1) is 13.9. The van der Waals surface area contributed by atoms with E-state index in [2.05, 4.69) is 12.1 Å². The zero-order valence-electron chi connectivity index (χ0n) is 12.2. The molecule has 0 saturated carbocycles. The van der Waals surface area contributed by atoms with Crippen LogP contribution in [0.25, 0.3) is 11.1 Å². The molecule has 0 radical (unpaired) electrons. The molecule has 2 aromatic rings. The van der Waals surface area contributed by atoms with Gasteiger partial charge in [0.1, 0.15) is 0 Å². The fraction of sp³-hybridized carbons (Fsp3) is 0.333. The second-order valence-corrected chi connectivity index (χ2v) is 6.10. The number of rotatable bonds is 2. The maximum absolute atomic E-state index is 9.54. The molecule has 1 aliphatic heterocycles. The summed E-state index contributed by atoms with van der Waals surface area (Å²) < 4.78 is 12.3. The molecule has 0 unspecified atom stereocenters. The summed E-state index contributed by atoms with van der Waals surface area (Å²) in [6, 6.07) is 16.1. The van der Waals surface area contributed by atoms with Crippen molar-refractivity contribution in [3.05, 3.63) is 59.7 Å². The van der Waals surface area contributed by atoms with Crippen LogP contribution in [0.4, 0.5) is 0 Å². The van der Waals surface area contributed by atoms with Gasteiger partial charge < -0.3 is 19.7 Å². The molecule has 22 heavy (non-hydrogen) atoms. The van der Waals surface area contributed by atoms with Gasteiger partial charge in [0.05, 0.1) is 31.8 Å². The summed E-state index contributed by atoms with van der Waals surface area (Å²) in [4.78, 5) is 0. The lowest BCUT2D eigenvalue weighted by atomic mass is 9.90. The van der Waals surface area contributed by atoms with Crippen molar-refractivity contribution in [2.24, 2.45) is 5.41 Å². The monoisotopic (exact) mass is 298 g/mol. The van der Waals surface area contributed by atoms with Crippen molar-refractivity contribution in [1.82, 2.24) is 0 Å². The Morgan fingerprint density at radius 1 is 0.773 bits per heavy atom. The fourth-order valence-electron chi connectivity index (χ4n) is 3.29. The van der Waals surface area contributed by atoms with Crippen LogP contribution < -0.4 is 0 Å². The molecule has 1 heterocycles. The summed E-state index contributed by atoms with van der Waals surface area (Å²) in [7, 11) is 0. The maximum atomic E-state index is 9.54. The number of ether oxygens (including phenoxy) is 2. The fourth-order valence-corrected chi connectivity index (χ4v) is 3.29. The highest BCUT2D eigenvalue weighted by Gasteiger charge is 2.51. The minimum atomic E-state index is -0.930. The predicted octanol–water partition coefficient (Wildman–Crippen LogP) is 1.89. The van der Waals surface area contributed by atoms with E-state index >= 15 is 0 Å². The van der Waals surface area contributed by atoms with Crippen molar-refractivity contribution >= 4 is 0 Å². The summed E-state index contributed by atoms with van der Waals surface area (Å²) in [5, 5.41) is 19.1. The molecule has 0 amide bonds. The summed E-state index contributed by atoms with van der Waals surface area (Å²) in [5.41, 5.74) is 3.45. The zero-order chi connectivity index (χ0) is 15.2. The normalized spacial score (nSPS) is 20.6. The number of aliphatic hydroxyl groups excluding tert-OH is 2. The van der Waals surface area contributed by atoms with Crippen LogP contribution in [0, 0.1) is 5.41 Å². The average molecular weight is 298 g/mol. The molecule has 4 nitrogen and oxygen atoms in total. The van der Waals surface area contributed by atoms with Gasteiger partial charge in [-0.1, -0.05) is 48.5 Å².